The first kappa shape index (κ1) is 14.1. The number of hydrogen-bond acceptors (Lipinski definition) is 4. The van der Waals surface area contributed by atoms with Crippen molar-refractivity contribution in [3.63, 3.8) is 0 Å². The summed E-state index contributed by atoms with van der Waals surface area (Å²) in [5.74, 6) is -0.226. The van der Waals surface area contributed by atoms with E-state index in [1.54, 1.807) is 0 Å². The fraction of sp³-hybridized carbons (Fsp3) is 0.333. The minimum atomic E-state index is -0.812. The monoisotopic (exact) mass is 271 g/mol. The highest BCUT2D eigenvalue weighted by Gasteiger charge is 2.12. The van der Waals surface area contributed by atoms with E-state index >= 15 is 0 Å². The van der Waals surface area contributed by atoms with Crippen LogP contribution in [-0.4, -0.2) is 26.0 Å². The molecular weight excluding hydrogens is 254 g/mol. The van der Waals surface area contributed by atoms with Gasteiger partial charge in [-0.3, -0.25) is 4.79 Å². The molecule has 0 spiro atoms. The number of pyridine rings is 1. The average molecular weight is 271 g/mol. The van der Waals surface area contributed by atoms with Crippen LogP contribution in [0.25, 0.3) is 11.5 Å². The molecule has 2 aromatic rings. The van der Waals surface area contributed by atoms with Gasteiger partial charge in [0, 0.05) is 23.5 Å². The summed E-state index contributed by atoms with van der Waals surface area (Å²) in [6, 6.07) is 5.71. The molecule has 0 aliphatic heterocycles. The Kier molecular flexibility index (Phi) is 4.08. The molecule has 0 saturated heterocycles. The van der Waals surface area contributed by atoms with Crippen molar-refractivity contribution >= 4 is 5.97 Å². The summed E-state index contributed by atoms with van der Waals surface area (Å²) in [5.41, 5.74) is 4.19. The van der Waals surface area contributed by atoms with E-state index in [-0.39, 0.29) is 6.42 Å². The normalized spacial score (nSPS) is 10.6. The second-order valence-electron chi connectivity index (χ2n) is 4.75. The van der Waals surface area contributed by atoms with Gasteiger partial charge in [0.05, 0.1) is 0 Å². The van der Waals surface area contributed by atoms with E-state index in [2.05, 4.69) is 15.0 Å². The molecule has 0 radical (unpaired) electrons. The Morgan fingerprint density at radius 2 is 1.75 bits per heavy atom. The van der Waals surface area contributed by atoms with Gasteiger partial charge < -0.3 is 5.11 Å². The van der Waals surface area contributed by atoms with Crippen LogP contribution in [-0.2, 0) is 11.2 Å². The quantitative estimate of drug-likeness (QED) is 0.924. The first-order chi connectivity index (χ1) is 9.47. The van der Waals surface area contributed by atoms with Crippen molar-refractivity contribution in [2.75, 3.05) is 0 Å². The number of rotatable bonds is 4. The maximum absolute atomic E-state index is 10.7. The van der Waals surface area contributed by atoms with Crippen LogP contribution in [0.1, 0.15) is 29.1 Å². The van der Waals surface area contributed by atoms with Crippen molar-refractivity contribution in [3.8, 4) is 11.5 Å². The summed E-state index contributed by atoms with van der Waals surface area (Å²) in [4.78, 5) is 24.0. The van der Waals surface area contributed by atoms with E-state index < -0.39 is 5.97 Å². The molecule has 0 aliphatic carbocycles. The zero-order valence-electron chi connectivity index (χ0n) is 11.8. The first-order valence-corrected chi connectivity index (χ1v) is 6.47. The Hall–Kier alpha value is -2.30. The van der Waals surface area contributed by atoms with Gasteiger partial charge in [-0.05, 0) is 44.9 Å². The van der Waals surface area contributed by atoms with Crippen molar-refractivity contribution in [2.45, 2.75) is 33.6 Å². The summed E-state index contributed by atoms with van der Waals surface area (Å²) in [6.07, 6.45) is 0.543. The number of nitrogens with zero attached hydrogens (tertiary/aromatic N) is 3. The molecule has 5 nitrogen and oxygen atoms in total. The van der Waals surface area contributed by atoms with Gasteiger partial charge in [-0.2, -0.15) is 0 Å². The van der Waals surface area contributed by atoms with Gasteiger partial charge in [0.25, 0.3) is 0 Å². The fourth-order valence-corrected chi connectivity index (χ4v) is 2.12. The van der Waals surface area contributed by atoms with E-state index in [9.17, 15) is 4.79 Å². The summed E-state index contributed by atoms with van der Waals surface area (Å²) >= 11 is 0. The van der Waals surface area contributed by atoms with Gasteiger partial charge in [-0.25, -0.2) is 15.0 Å². The van der Waals surface area contributed by atoms with Crippen LogP contribution in [0.4, 0.5) is 0 Å². The Labute approximate surface area is 117 Å². The average Bonchev–Trinajstić information content (AvgIpc) is 2.37. The van der Waals surface area contributed by atoms with E-state index in [0.29, 0.717) is 12.2 Å². The molecule has 0 bridgehead atoms. The lowest BCUT2D eigenvalue weighted by atomic mass is 10.1. The molecule has 0 fully saturated rings. The highest BCUT2D eigenvalue weighted by Crippen LogP contribution is 2.18. The van der Waals surface area contributed by atoms with Crippen molar-refractivity contribution in [1.29, 1.82) is 0 Å². The summed E-state index contributed by atoms with van der Waals surface area (Å²) in [6.45, 7) is 5.68. The molecule has 0 amide bonds. The van der Waals surface area contributed by atoms with Crippen LogP contribution < -0.4 is 0 Å². The lowest BCUT2D eigenvalue weighted by molar-refractivity contribution is -0.136. The van der Waals surface area contributed by atoms with Crippen LogP contribution in [0, 0.1) is 20.8 Å². The maximum Gasteiger partial charge on any atom is 0.303 e. The first-order valence-electron chi connectivity index (χ1n) is 6.47. The zero-order valence-corrected chi connectivity index (χ0v) is 11.8. The highest BCUT2D eigenvalue weighted by molar-refractivity contribution is 5.67. The number of carboxylic acids is 1. The third-order valence-electron chi connectivity index (χ3n) is 3.13. The highest BCUT2D eigenvalue weighted by atomic mass is 16.4. The summed E-state index contributed by atoms with van der Waals surface area (Å²) in [7, 11) is 0. The van der Waals surface area contributed by atoms with Gasteiger partial charge in [0.2, 0.25) is 0 Å². The lowest BCUT2D eigenvalue weighted by Gasteiger charge is -2.10. The second-order valence-corrected chi connectivity index (χ2v) is 4.75. The number of carboxylic acid groups (broad SMARTS) is 1. The third kappa shape index (κ3) is 3.17. The third-order valence-corrected chi connectivity index (χ3v) is 3.13. The van der Waals surface area contributed by atoms with Crippen molar-refractivity contribution in [2.24, 2.45) is 0 Å². The Morgan fingerprint density at radius 3 is 2.30 bits per heavy atom. The topological polar surface area (TPSA) is 76.0 Å². The second kappa shape index (κ2) is 5.77. The van der Waals surface area contributed by atoms with E-state index in [1.165, 1.54) is 0 Å². The van der Waals surface area contributed by atoms with Crippen molar-refractivity contribution in [3.05, 3.63) is 40.8 Å². The summed E-state index contributed by atoms with van der Waals surface area (Å²) < 4.78 is 0. The number of aromatic nitrogens is 3. The molecule has 104 valence electrons. The van der Waals surface area contributed by atoms with E-state index in [1.807, 2.05) is 39.0 Å². The molecule has 20 heavy (non-hydrogen) atoms. The number of aliphatic carboxylic acids is 1. The molecule has 2 rings (SSSR count). The molecule has 0 unspecified atom stereocenters. The number of aryl methyl sites for hydroxylation is 3. The van der Waals surface area contributed by atoms with Gasteiger partial charge >= 0.3 is 5.97 Å². The summed E-state index contributed by atoms with van der Waals surface area (Å²) in [5, 5.41) is 8.77. The Balaban J connectivity index is 2.37. The molecule has 2 aromatic heterocycles. The number of carbonyl (C=O) groups is 1. The van der Waals surface area contributed by atoms with Gasteiger partial charge in [-0.15, -0.1) is 0 Å². The smallest absolute Gasteiger partial charge is 0.303 e. The number of hydrogen-bond donors (Lipinski definition) is 1. The maximum atomic E-state index is 10.7. The standard InChI is InChI=1S/C15H17N3O2/c1-9-5-4-6-13(16-9)15-17-10(2)12(11(3)18-15)7-8-14(19)20/h4-6H,7-8H2,1-3H3,(H,19,20). The molecule has 0 aromatic carbocycles. The van der Waals surface area contributed by atoms with Gasteiger partial charge in [-0.1, -0.05) is 6.07 Å². The van der Waals surface area contributed by atoms with Crippen LogP contribution in [0.15, 0.2) is 18.2 Å². The fourth-order valence-electron chi connectivity index (χ4n) is 2.12. The minimum Gasteiger partial charge on any atom is -0.481 e. The predicted molar refractivity (Wildman–Crippen MR) is 75.4 cm³/mol. The lowest BCUT2D eigenvalue weighted by Crippen LogP contribution is -2.06. The van der Waals surface area contributed by atoms with Crippen LogP contribution >= 0.6 is 0 Å². The van der Waals surface area contributed by atoms with Crippen LogP contribution in [0.2, 0.25) is 0 Å². The van der Waals surface area contributed by atoms with Crippen molar-refractivity contribution < 1.29 is 9.90 Å². The predicted octanol–water partition coefficient (Wildman–Crippen LogP) is 2.48. The molecule has 0 atom stereocenters. The molecule has 0 aliphatic rings. The Morgan fingerprint density at radius 1 is 1.10 bits per heavy atom. The van der Waals surface area contributed by atoms with E-state index in [4.69, 9.17) is 5.11 Å². The molecule has 5 heteroatoms. The van der Waals surface area contributed by atoms with Crippen molar-refractivity contribution in [1.82, 2.24) is 15.0 Å². The largest absolute Gasteiger partial charge is 0.481 e. The zero-order chi connectivity index (χ0) is 14.7. The molecule has 2 heterocycles. The van der Waals surface area contributed by atoms with Gasteiger partial charge in [0.15, 0.2) is 5.82 Å². The Bertz CT molecular complexity index is 630. The van der Waals surface area contributed by atoms with Gasteiger partial charge in [0.1, 0.15) is 5.69 Å². The SMILES string of the molecule is Cc1cccc(-c2nc(C)c(CCC(=O)O)c(C)n2)n1. The molecular formula is C15H17N3O2. The molecule has 1 N–H and O–H groups in total. The molecule has 0 saturated carbocycles. The van der Waals surface area contributed by atoms with E-state index in [0.717, 1.165) is 28.3 Å². The minimum absolute atomic E-state index is 0.0904. The van der Waals surface area contributed by atoms with Crippen LogP contribution in [0.3, 0.4) is 0 Å². The van der Waals surface area contributed by atoms with Crippen LogP contribution in [0.5, 0.6) is 0 Å².